The summed E-state index contributed by atoms with van der Waals surface area (Å²) in [6.45, 7) is 1.60. The van der Waals surface area contributed by atoms with Crippen molar-refractivity contribution >= 4 is 0 Å². The van der Waals surface area contributed by atoms with Gasteiger partial charge < -0.3 is 9.88 Å². The molecule has 12 heavy (non-hydrogen) atoms. The zero-order chi connectivity index (χ0) is 8.81. The Morgan fingerprint density at radius 1 is 1.67 bits per heavy atom. The van der Waals surface area contributed by atoms with Crippen LogP contribution in [0.15, 0.2) is 18.3 Å². The molecule has 1 aromatic rings. The molecule has 1 heterocycles. The Morgan fingerprint density at radius 2 is 2.50 bits per heavy atom. The molecule has 0 aliphatic carbocycles. The van der Waals surface area contributed by atoms with Crippen molar-refractivity contribution in [3.8, 4) is 6.07 Å². The van der Waals surface area contributed by atoms with Crippen LogP contribution in [0, 0.1) is 11.3 Å². The maximum Gasteiger partial charge on any atom is 0.0635 e. The molecule has 0 aliphatic heterocycles. The molecule has 0 spiro atoms. The summed E-state index contributed by atoms with van der Waals surface area (Å²) >= 11 is 0. The first kappa shape index (κ1) is 8.82. The first-order valence-electron chi connectivity index (χ1n) is 4.02. The normalized spacial score (nSPS) is 9.67. The van der Waals surface area contributed by atoms with E-state index in [-0.39, 0.29) is 0 Å². The van der Waals surface area contributed by atoms with Crippen LogP contribution in [0.3, 0.4) is 0 Å². The molecule has 0 radical (unpaired) electrons. The quantitative estimate of drug-likeness (QED) is 0.673. The Balaban J connectivity index is 2.25. The summed E-state index contributed by atoms with van der Waals surface area (Å²) in [6, 6.07) is 6.18. The summed E-state index contributed by atoms with van der Waals surface area (Å²) < 4.78 is 2.07. The molecular weight excluding hydrogens is 150 g/mol. The summed E-state index contributed by atoms with van der Waals surface area (Å²) in [5, 5.41) is 11.5. The number of hydrogen-bond acceptors (Lipinski definition) is 2. The Morgan fingerprint density at radius 3 is 3.08 bits per heavy atom. The highest BCUT2D eigenvalue weighted by Gasteiger charge is 1.94. The molecule has 0 amide bonds. The molecule has 3 nitrogen and oxygen atoms in total. The minimum atomic E-state index is 0.574. The van der Waals surface area contributed by atoms with E-state index in [2.05, 4.69) is 22.0 Å². The molecule has 1 N–H and O–H groups in total. The standard InChI is InChI=1S/C9H13N3/c1-12-7-2-4-9(12)8-11-6-3-5-10/h2,4,7,11H,3,6,8H2,1H3. The Labute approximate surface area is 72.6 Å². The molecule has 0 unspecified atom stereocenters. The number of aryl methyl sites for hydroxylation is 1. The smallest absolute Gasteiger partial charge is 0.0635 e. The lowest BCUT2D eigenvalue weighted by atomic mass is 10.4. The molecule has 0 bridgehead atoms. The van der Waals surface area contributed by atoms with Crippen LogP contribution in [0.2, 0.25) is 0 Å². The first-order chi connectivity index (χ1) is 5.84. The summed E-state index contributed by atoms with van der Waals surface area (Å²) in [5.74, 6) is 0. The van der Waals surface area contributed by atoms with Gasteiger partial charge >= 0.3 is 0 Å². The molecule has 0 atom stereocenters. The van der Waals surface area contributed by atoms with E-state index >= 15 is 0 Å². The predicted octanol–water partition coefficient (Wildman–Crippen LogP) is 1.03. The van der Waals surface area contributed by atoms with E-state index in [1.54, 1.807) is 0 Å². The largest absolute Gasteiger partial charge is 0.353 e. The van der Waals surface area contributed by atoms with Crippen LogP contribution in [-0.2, 0) is 13.6 Å². The van der Waals surface area contributed by atoms with Crippen LogP contribution in [-0.4, -0.2) is 11.1 Å². The van der Waals surface area contributed by atoms with Gasteiger partial charge in [-0.05, 0) is 12.1 Å². The molecule has 1 aromatic heterocycles. The lowest BCUT2D eigenvalue weighted by Gasteiger charge is -2.03. The molecule has 1 rings (SSSR count). The van der Waals surface area contributed by atoms with E-state index < -0.39 is 0 Å². The van der Waals surface area contributed by atoms with Crippen molar-refractivity contribution in [2.75, 3.05) is 6.54 Å². The summed E-state index contributed by atoms with van der Waals surface area (Å²) in [5.41, 5.74) is 1.24. The number of aromatic nitrogens is 1. The highest BCUT2D eigenvalue weighted by atomic mass is 15.0. The minimum absolute atomic E-state index is 0.574. The molecule has 0 saturated carbocycles. The number of rotatable bonds is 4. The van der Waals surface area contributed by atoms with Crippen molar-refractivity contribution < 1.29 is 0 Å². The third-order valence-corrected chi connectivity index (χ3v) is 1.77. The van der Waals surface area contributed by atoms with Gasteiger partial charge in [0.2, 0.25) is 0 Å². The van der Waals surface area contributed by atoms with Crippen molar-refractivity contribution in [2.24, 2.45) is 7.05 Å². The highest BCUT2D eigenvalue weighted by molar-refractivity contribution is 5.05. The topological polar surface area (TPSA) is 40.8 Å². The number of nitrogens with one attached hydrogen (secondary N) is 1. The summed E-state index contributed by atoms with van der Waals surface area (Å²) in [4.78, 5) is 0. The lowest BCUT2D eigenvalue weighted by Crippen LogP contribution is -2.15. The second kappa shape index (κ2) is 4.58. The van der Waals surface area contributed by atoms with Crippen LogP contribution in [0.5, 0.6) is 0 Å². The fourth-order valence-electron chi connectivity index (χ4n) is 1.04. The van der Waals surface area contributed by atoms with E-state index in [0.717, 1.165) is 13.1 Å². The van der Waals surface area contributed by atoms with Crippen LogP contribution in [0.25, 0.3) is 0 Å². The molecule has 3 heteroatoms. The van der Waals surface area contributed by atoms with E-state index in [0.29, 0.717) is 6.42 Å². The first-order valence-corrected chi connectivity index (χ1v) is 4.02. The minimum Gasteiger partial charge on any atom is -0.353 e. The third-order valence-electron chi connectivity index (χ3n) is 1.77. The summed E-state index contributed by atoms with van der Waals surface area (Å²) in [7, 11) is 2.02. The molecule has 64 valence electrons. The zero-order valence-corrected chi connectivity index (χ0v) is 7.25. The molecule has 0 saturated heterocycles. The fourth-order valence-corrected chi connectivity index (χ4v) is 1.04. The zero-order valence-electron chi connectivity index (χ0n) is 7.25. The van der Waals surface area contributed by atoms with Gasteiger partial charge in [0.15, 0.2) is 0 Å². The molecule has 0 aromatic carbocycles. The lowest BCUT2D eigenvalue weighted by molar-refractivity contribution is 0.661. The van der Waals surface area contributed by atoms with Crippen LogP contribution >= 0.6 is 0 Å². The van der Waals surface area contributed by atoms with Crippen molar-refractivity contribution in [1.29, 1.82) is 5.26 Å². The van der Waals surface area contributed by atoms with Gasteiger partial charge in [-0.15, -0.1) is 0 Å². The van der Waals surface area contributed by atoms with Gasteiger partial charge in [-0.3, -0.25) is 0 Å². The average molecular weight is 163 g/mol. The molecule has 0 aliphatic rings. The molecular formula is C9H13N3. The second-order valence-corrected chi connectivity index (χ2v) is 2.70. The fraction of sp³-hybridized carbons (Fsp3) is 0.444. The predicted molar refractivity (Wildman–Crippen MR) is 47.3 cm³/mol. The maximum atomic E-state index is 8.28. The average Bonchev–Trinajstić information content (AvgIpc) is 2.46. The monoisotopic (exact) mass is 163 g/mol. The van der Waals surface area contributed by atoms with Gasteiger partial charge in [-0.25, -0.2) is 0 Å². The van der Waals surface area contributed by atoms with Crippen LogP contribution in [0.4, 0.5) is 0 Å². The van der Waals surface area contributed by atoms with Gasteiger partial charge in [0.1, 0.15) is 0 Å². The van der Waals surface area contributed by atoms with Gasteiger partial charge in [0.25, 0.3) is 0 Å². The van der Waals surface area contributed by atoms with E-state index in [1.807, 2.05) is 19.3 Å². The number of hydrogen-bond donors (Lipinski definition) is 1. The van der Waals surface area contributed by atoms with Gasteiger partial charge in [-0.1, -0.05) is 0 Å². The maximum absolute atomic E-state index is 8.28. The van der Waals surface area contributed by atoms with Crippen molar-refractivity contribution in [1.82, 2.24) is 9.88 Å². The van der Waals surface area contributed by atoms with E-state index in [1.165, 1.54) is 5.69 Å². The number of nitrogens with zero attached hydrogens (tertiary/aromatic N) is 2. The third kappa shape index (κ3) is 2.40. The summed E-state index contributed by atoms with van der Waals surface area (Å²) in [6.07, 6.45) is 2.59. The van der Waals surface area contributed by atoms with Crippen molar-refractivity contribution in [2.45, 2.75) is 13.0 Å². The Kier molecular flexibility index (Phi) is 3.36. The van der Waals surface area contributed by atoms with Gasteiger partial charge in [0, 0.05) is 38.4 Å². The van der Waals surface area contributed by atoms with Gasteiger partial charge in [-0.2, -0.15) is 5.26 Å². The van der Waals surface area contributed by atoms with Gasteiger partial charge in [0.05, 0.1) is 6.07 Å². The van der Waals surface area contributed by atoms with Crippen molar-refractivity contribution in [3.05, 3.63) is 24.0 Å². The van der Waals surface area contributed by atoms with Crippen molar-refractivity contribution in [3.63, 3.8) is 0 Å². The Bertz CT molecular complexity index is 270. The van der Waals surface area contributed by atoms with E-state index in [4.69, 9.17) is 5.26 Å². The highest BCUT2D eigenvalue weighted by Crippen LogP contribution is 1.97. The molecule has 0 fully saturated rings. The SMILES string of the molecule is Cn1cccc1CNCCC#N. The Hall–Kier alpha value is -1.27. The second-order valence-electron chi connectivity index (χ2n) is 2.70. The van der Waals surface area contributed by atoms with Crippen LogP contribution < -0.4 is 5.32 Å². The van der Waals surface area contributed by atoms with Crippen LogP contribution in [0.1, 0.15) is 12.1 Å². The van der Waals surface area contributed by atoms with E-state index in [9.17, 15) is 0 Å². The number of nitriles is 1.